The second kappa shape index (κ2) is 13.3. The maximum atomic E-state index is 12.8. The van der Waals surface area contributed by atoms with E-state index in [9.17, 15) is 24.6 Å². The largest absolute Gasteiger partial charge is 0.504 e. The summed E-state index contributed by atoms with van der Waals surface area (Å²) in [5.74, 6) is -1.86. The average molecular weight is 461 g/mol. The maximum absolute atomic E-state index is 12.8. The summed E-state index contributed by atoms with van der Waals surface area (Å²) < 4.78 is 9.84. The number of benzene rings is 1. The highest BCUT2D eigenvalue weighted by atomic mass is 16.5. The lowest BCUT2D eigenvalue weighted by Crippen LogP contribution is -2.51. The number of nitrogens with one attached hydrogen (secondary N) is 2. The van der Waals surface area contributed by atoms with Crippen LogP contribution < -0.4 is 15.4 Å². The monoisotopic (exact) mass is 460 g/mol. The quantitative estimate of drug-likeness (QED) is 0.260. The van der Waals surface area contributed by atoms with E-state index >= 15 is 0 Å². The van der Waals surface area contributed by atoms with Gasteiger partial charge in [-0.25, -0.2) is 4.79 Å². The topological polar surface area (TPSA) is 134 Å². The minimum Gasteiger partial charge on any atom is -0.504 e. The van der Waals surface area contributed by atoms with Crippen LogP contribution in [-0.2, 0) is 25.5 Å². The Bertz CT molecular complexity index is 895. The number of phenols is 1. The Kier molecular flexibility index (Phi) is 10.4. The molecule has 1 aromatic rings. The minimum atomic E-state index is -1.13. The Hall–Kier alpha value is -3.33. The predicted molar refractivity (Wildman–Crippen MR) is 122 cm³/mol. The third kappa shape index (κ3) is 8.61. The van der Waals surface area contributed by atoms with Gasteiger partial charge in [-0.3, -0.25) is 9.59 Å². The van der Waals surface area contributed by atoms with E-state index in [-0.39, 0.29) is 12.2 Å². The van der Waals surface area contributed by atoms with Crippen LogP contribution in [0.1, 0.15) is 37.7 Å². The molecule has 1 amide bonds. The highest BCUT2D eigenvalue weighted by Crippen LogP contribution is 2.26. The molecular weight excluding hydrogens is 428 g/mol. The zero-order chi connectivity index (χ0) is 24.2. The molecule has 0 fully saturated rings. The van der Waals surface area contributed by atoms with Crippen molar-refractivity contribution in [2.24, 2.45) is 0 Å². The molecule has 0 aliphatic heterocycles. The van der Waals surface area contributed by atoms with Gasteiger partial charge in [-0.05, 0) is 55.5 Å². The van der Waals surface area contributed by atoms with Gasteiger partial charge in [0, 0.05) is 6.42 Å². The average Bonchev–Trinajstić information content (AvgIpc) is 2.80. The Morgan fingerprint density at radius 2 is 1.94 bits per heavy atom. The lowest BCUT2D eigenvalue weighted by Gasteiger charge is -2.22. The fraction of sp³-hybridized carbons (Fsp3) is 0.458. The summed E-state index contributed by atoms with van der Waals surface area (Å²) >= 11 is 0. The third-order valence-corrected chi connectivity index (χ3v) is 5.29. The molecule has 0 saturated heterocycles. The van der Waals surface area contributed by atoms with Crippen molar-refractivity contribution < 1.29 is 34.1 Å². The van der Waals surface area contributed by atoms with Crippen LogP contribution >= 0.6 is 0 Å². The van der Waals surface area contributed by atoms with Crippen LogP contribution in [0.15, 0.2) is 42.0 Å². The molecule has 0 radical (unpaired) electrons. The Morgan fingerprint density at radius 3 is 2.55 bits per heavy atom. The first-order valence-corrected chi connectivity index (χ1v) is 10.9. The molecule has 0 saturated carbocycles. The van der Waals surface area contributed by atoms with Crippen LogP contribution in [0.3, 0.4) is 0 Å². The molecule has 0 bridgehead atoms. The first kappa shape index (κ1) is 25.9. The molecule has 0 spiro atoms. The van der Waals surface area contributed by atoms with Crippen molar-refractivity contribution in [3.8, 4) is 11.5 Å². The highest BCUT2D eigenvalue weighted by molar-refractivity contribution is 5.90. The fourth-order valence-corrected chi connectivity index (χ4v) is 3.55. The Morgan fingerprint density at radius 1 is 1.15 bits per heavy atom. The molecule has 4 N–H and O–H groups in total. The molecule has 1 aliphatic rings. The van der Waals surface area contributed by atoms with Gasteiger partial charge in [0.2, 0.25) is 5.91 Å². The first-order valence-electron chi connectivity index (χ1n) is 10.9. The van der Waals surface area contributed by atoms with Gasteiger partial charge in [0.15, 0.2) is 11.5 Å². The molecular formula is C24H32N2O7. The minimum absolute atomic E-state index is 0.0443. The van der Waals surface area contributed by atoms with Gasteiger partial charge in [-0.2, -0.15) is 0 Å². The van der Waals surface area contributed by atoms with Gasteiger partial charge in [-0.1, -0.05) is 24.3 Å². The second-order valence-electron chi connectivity index (χ2n) is 7.76. The standard InChI is InChI=1S/C24H32N2O7/c1-32-21-11-10-17(14-20(21)27)9-6-12-25-18(15-22(28)29)23(30)26-19(24(31)33-2)13-16-7-4-3-5-8-16/h4,7-8,10-11,14,18-19,25,27H,3,5-6,9,12-13,15H2,1-2H3,(H,26,30)(H,28,29)/t18?,19-/m0/s1. The van der Waals surface area contributed by atoms with Crippen molar-refractivity contribution in [1.82, 2.24) is 10.6 Å². The molecule has 2 rings (SSSR count). The number of hydrogen-bond donors (Lipinski definition) is 4. The van der Waals surface area contributed by atoms with Crippen molar-refractivity contribution in [3.63, 3.8) is 0 Å². The summed E-state index contributed by atoms with van der Waals surface area (Å²) in [6.45, 7) is 0.370. The Balaban J connectivity index is 1.94. The van der Waals surface area contributed by atoms with E-state index in [1.807, 2.05) is 24.3 Å². The molecule has 180 valence electrons. The number of aliphatic carboxylic acids is 1. The van der Waals surface area contributed by atoms with Crippen molar-refractivity contribution in [1.29, 1.82) is 0 Å². The van der Waals surface area contributed by atoms with Crippen LogP contribution in [0, 0.1) is 0 Å². The molecule has 1 aromatic carbocycles. The smallest absolute Gasteiger partial charge is 0.328 e. The lowest BCUT2D eigenvalue weighted by molar-refractivity contribution is -0.145. The van der Waals surface area contributed by atoms with Crippen molar-refractivity contribution >= 4 is 17.8 Å². The van der Waals surface area contributed by atoms with E-state index in [0.717, 1.165) is 24.0 Å². The van der Waals surface area contributed by atoms with E-state index in [0.29, 0.717) is 25.1 Å². The number of rotatable bonds is 13. The molecule has 2 atom stereocenters. The predicted octanol–water partition coefficient (Wildman–Crippen LogP) is 2.09. The second-order valence-corrected chi connectivity index (χ2v) is 7.76. The highest BCUT2D eigenvalue weighted by Gasteiger charge is 2.28. The van der Waals surface area contributed by atoms with E-state index in [1.54, 1.807) is 12.1 Å². The van der Waals surface area contributed by atoms with Gasteiger partial charge >= 0.3 is 11.9 Å². The number of methoxy groups -OCH3 is 2. The zero-order valence-corrected chi connectivity index (χ0v) is 19.0. The van der Waals surface area contributed by atoms with Gasteiger partial charge in [-0.15, -0.1) is 0 Å². The third-order valence-electron chi connectivity index (χ3n) is 5.29. The van der Waals surface area contributed by atoms with E-state index in [4.69, 9.17) is 9.47 Å². The van der Waals surface area contributed by atoms with Gasteiger partial charge in [0.05, 0.1) is 26.7 Å². The number of carboxylic acids is 1. The summed E-state index contributed by atoms with van der Waals surface area (Å²) in [4.78, 5) is 36.3. The van der Waals surface area contributed by atoms with Crippen molar-refractivity contribution in [2.75, 3.05) is 20.8 Å². The summed E-state index contributed by atoms with van der Waals surface area (Å²) in [6, 6.07) is 3.19. The summed E-state index contributed by atoms with van der Waals surface area (Å²) in [5, 5.41) is 24.7. The zero-order valence-electron chi connectivity index (χ0n) is 19.0. The summed E-state index contributed by atoms with van der Waals surface area (Å²) in [5.41, 5.74) is 1.80. The number of aryl methyl sites for hydroxylation is 1. The molecule has 9 nitrogen and oxygen atoms in total. The van der Waals surface area contributed by atoms with Crippen LogP contribution in [0.2, 0.25) is 0 Å². The number of phenolic OH excluding ortho intramolecular Hbond substituents is 1. The van der Waals surface area contributed by atoms with E-state index in [2.05, 4.69) is 10.6 Å². The maximum Gasteiger partial charge on any atom is 0.328 e. The summed E-state index contributed by atoms with van der Waals surface area (Å²) in [6.07, 6.45) is 8.78. The first-order chi connectivity index (χ1) is 15.8. The number of carboxylic acid groups (broad SMARTS) is 1. The van der Waals surface area contributed by atoms with Crippen molar-refractivity contribution in [3.05, 3.63) is 47.6 Å². The number of amides is 1. The molecule has 1 unspecified atom stereocenters. The molecule has 33 heavy (non-hydrogen) atoms. The van der Waals surface area contributed by atoms with Gasteiger partial charge in [0.1, 0.15) is 6.04 Å². The number of carbonyl (C=O) groups excluding carboxylic acids is 2. The molecule has 1 aliphatic carbocycles. The lowest BCUT2D eigenvalue weighted by atomic mass is 9.99. The Labute approximate surface area is 193 Å². The molecule has 0 aromatic heterocycles. The number of allylic oxidation sites excluding steroid dienone is 3. The number of aromatic hydroxyl groups is 1. The van der Waals surface area contributed by atoms with Gasteiger partial charge in [0.25, 0.3) is 0 Å². The van der Waals surface area contributed by atoms with Crippen molar-refractivity contribution in [2.45, 2.75) is 50.6 Å². The van der Waals surface area contributed by atoms with E-state index in [1.165, 1.54) is 14.2 Å². The molecule has 9 heteroatoms. The van der Waals surface area contributed by atoms with Crippen LogP contribution in [-0.4, -0.2) is 60.9 Å². The normalized spacial score (nSPS) is 14.7. The number of esters is 1. The van der Waals surface area contributed by atoms with Crippen LogP contribution in [0.5, 0.6) is 11.5 Å². The SMILES string of the molecule is COC(=O)[C@H](CC1=CCCC=C1)NC(=O)C(CC(=O)O)NCCCc1ccc(OC)c(O)c1. The molecule has 0 heterocycles. The van der Waals surface area contributed by atoms with Gasteiger partial charge < -0.3 is 30.3 Å². The van der Waals surface area contributed by atoms with E-state index < -0.39 is 36.4 Å². The number of hydrogen-bond acceptors (Lipinski definition) is 7. The summed E-state index contributed by atoms with van der Waals surface area (Å²) in [7, 11) is 2.72. The number of carbonyl (C=O) groups is 3. The number of ether oxygens (including phenoxy) is 2. The van der Waals surface area contributed by atoms with Crippen LogP contribution in [0.4, 0.5) is 0 Å². The fourth-order valence-electron chi connectivity index (χ4n) is 3.55. The van der Waals surface area contributed by atoms with Crippen LogP contribution in [0.25, 0.3) is 0 Å².